The zero-order valence-corrected chi connectivity index (χ0v) is 11.2. The third-order valence-corrected chi connectivity index (χ3v) is 2.80. The normalized spacial score (nSPS) is 11.2. The molecule has 0 saturated heterocycles. The van der Waals surface area contributed by atoms with E-state index in [2.05, 4.69) is 12.1 Å². The zero-order chi connectivity index (χ0) is 14.4. The number of rotatable bonds is 5. The van der Waals surface area contributed by atoms with Crippen LogP contribution in [0.2, 0.25) is 0 Å². The number of carboxylic acid groups (broad SMARTS) is 1. The van der Waals surface area contributed by atoms with Gasteiger partial charge in [-0.15, -0.1) is 0 Å². The van der Waals surface area contributed by atoms with E-state index in [1.54, 1.807) is 6.92 Å². The molecule has 0 aliphatic heterocycles. The van der Waals surface area contributed by atoms with Gasteiger partial charge < -0.3 is 9.84 Å². The Kier molecular flexibility index (Phi) is 4.56. The van der Waals surface area contributed by atoms with Crippen molar-refractivity contribution in [2.45, 2.75) is 6.92 Å². The monoisotopic (exact) mass is 268 g/mol. The van der Waals surface area contributed by atoms with Crippen molar-refractivity contribution in [2.24, 2.45) is 0 Å². The van der Waals surface area contributed by atoms with Crippen LogP contribution in [0.3, 0.4) is 0 Å². The SMILES string of the molecule is C/C(=C\C(=O)O)COc1ccc(-c2ccccc2)cc1. The Morgan fingerprint density at radius 3 is 2.25 bits per heavy atom. The number of benzene rings is 2. The van der Waals surface area contributed by atoms with Crippen LogP contribution in [0.4, 0.5) is 0 Å². The van der Waals surface area contributed by atoms with Crippen molar-refractivity contribution in [1.29, 1.82) is 0 Å². The highest BCUT2D eigenvalue weighted by molar-refractivity contribution is 5.80. The number of aliphatic carboxylic acids is 1. The number of carbonyl (C=O) groups is 1. The fourth-order valence-electron chi connectivity index (χ4n) is 1.82. The molecule has 0 aliphatic carbocycles. The molecule has 0 radical (unpaired) electrons. The Morgan fingerprint density at radius 1 is 1.05 bits per heavy atom. The van der Waals surface area contributed by atoms with Crippen LogP contribution in [-0.2, 0) is 4.79 Å². The van der Waals surface area contributed by atoms with Gasteiger partial charge in [-0.05, 0) is 35.8 Å². The van der Waals surface area contributed by atoms with Crippen LogP contribution < -0.4 is 4.74 Å². The van der Waals surface area contributed by atoms with Gasteiger partial charge in [0.25, 0.3) is 0 Å². The standard InChI is InChI=1S/C17H16O3/c1-13(11-17(18)19)12-20-16-9-7-15(8-10-16)14-5-3-2-4-6-14/h2-11H,12H2,1H3,(H,18,19)/b13-11+. The number of hydrogen-bond acceptors (Lipinski definition) is 2. The molecule has 0 heterocycles. The van der Waals surface area contributed by atoms with Crippen LogP contribution in [-0.4, -0.2) is 17.7 Å². The third-order valence-electron chi connectivity index (χ3n) is 2.80. The van der Waals surface area contributed by atoms with Gasteiger partial charge in [0, 0.05) is 6.08 Å². The van der Waals surface area contributed by atoms with Crippen LogP contribution in [0, 0.1) is 0 Å². The minimum Gasteiger partial charge on any atom is -0.489 e. The van der Waals surface area contributed by atoms with Gasteiger partial charge in [-0.3, -0.25) is 0 Å². The first-order chi connectivity index (χ1) is 9.65. The predicted octanol–water partition coefficient (Wildman–Crippen LogP) is 3.76. The lowest BCUT2D eigenvalue weighted by molar-refractivity contribution is -0.131. The minimum atomic E-state index is -0.953. The van der Waals surface area contributed by atoms with Crippen molar-refractivity contribution in [3.05, 3.63) is 66.2 Å². The van der Waals surface area contributed by atoms with E-state index in [0.29, 0.717) is 5.57 Å². The van der Waals surface area contributed by atoms with Gasteiger partial charge in [0.05, 0.1) is 0 Å². The van der Waals surface area contributed by atoms with E-state index < -0.39 is 5.97 Å². The molecule has 0 aliphatic rings. The van der Waals surface area contributed by atoms with Gasteiger partial charge in [0.15, 0.2) is 0 Å². The molecule has 0 atom stereocenters. The van der Waals surface area contributed by atoms with Gasteiger partial charge in [0.1, 0.15) is 12.4 Å². The van der Waals surface area contributed by atoms with E-state index in [4.69, 9.17) is 9.84 Å². The van der Waals surface area contributed by atoms with E-state index in [-0.39, 0.29) is 6.61 Å². The third kappa shape index (κ3) is 3.99. The van der Waals surface area contributed by atoms with Crippen LogP contribution in [0.15, 0.2) is 66.2 Å². The maximum Gasteiger partial charge on any atom is 0.328 e. The second kappa shape index (κ2) is 6.57. The summed E-state index contributed by atoms with van der Waals surface area (Å²) in [4.78, 5) is 10.5. The van der Waals surface area contributed by atoms with Crippen molar-refractivity contribution in [2.75, 3.05) is 6.61 Å². The molecule has 0 bridgehead atoms. The molecule has 1 N–H and O–H groups in total. The van der Waals surface area contributed by atoms with Crippen LogP contribution in [0.5, 0.6) is 5.75 Å². The summed E-state index contributed by atoms with van der Waals surface area (Å²) in [6.45, 7) is 2.00. The molecule has 2 rings (SSSR count). The van der Waals surface area contributed by atoms with Crippen molar-refractivity contribution in [3.8, 4) is 16.9 Å². The second-order valence-electron chi connectivity index (χ2n) is 4.51. The highest BCUT2D eigenvalue weighted by Gasteiger charge is 1.99. The van der Waals surface area contributed by atoms with Crippen molar-refractivity contribution >= 4 is 5.97 Å². The van der Waals surface area contributed by atoms with Gasteiger partial charge in [0.2, 0.25) is 0 Å². The summed E-state index contributed by atoms with van der Waals surface area (Å²) in [5, 5.41) is 8.61. The molecule has 0 amide bonds. The van der Waals surface area contributed by atoms with E-state index in [0.717, 1.165) is 23.0 Å². The van der Waals surface area contributed by atoms with E-state index in [1.807, 2.05) is 42.5 Å². The molecule has 3 nitrogen and oxygen atoms in total. The van der Waals surface area contributed by atoms with Gasteiger partial charge >= 0.3 is 5.97 Å². The topological polar surface area (TPSA) is 46.5 Å². The largest absolute Gasteiger partial charge is 0.489 e. The number of carboxylic acids is 1. The second-order valence-corrected chi connectivity index (χ2v) is 4.51. The number of ether oxygens (including phenoxy) is 1. The molecular weight excluding hydrogens is 252 g/mol. The summed E-state index contributed by atoms with van der Waals surface area (Å²) < 4.78 is 5.53. The Balaban J connectivity index is 2.01. The Labute approximate surface area is 118 Å². The lowest BCUT2D eigenvalue weighted by atomic mass is 10.1. The van der Waals surface area contributed by atoms with Gasteiger partial charge in [-0.1, -0.05) is 42.5 Å². The Bertz CT molecular complexity index is 598. The first-order valence-corrected chi connectivity index (χ1v) is 6.33. The van der Waals surface area contributed by atoms with E-state index in [9.17, 15) is 4.79 Å². The smallest absolute Gasteiger partial charge is 0.328 e. The molecule has 0 fully saturated rings. The average Bonchev–Trinajstić information content (AvgIpc) is 2.46. The summed E-state index contributed by atoms with van der Waals surface area (Å²) in [6.07, 6.45) is 1.15. The molecule has 0 unspecified atom stereocenters. The molecule has 0 spiro atoms. The molecular formula is C17H16O3. The van der Waals surface area contributed by atoms with Gasteiger partial charge in [-0.25, -0.2) is 4.79 Å². The van der Waals surface area contributed by atoms with Crippen LogP contribution in [0.1, 0.15) is 6.92 Å². The molecule has 3 heteroatoms. The quantitative estimate of drug-likeness (QED) is 0.840. The minimum absolute atomic E-state index is 0.275. The highest BCUT2D eigenvalue weighted by Crippen LogP contribution is 2.22. The number of hydrogen-bond donors (Lipinski definition) is 1. The maximum absolute atomic E-state index is 10.5. The first-order valence-electron chi connectivity index (χ1n) is 6.33. The van der Waals surface area contributed by atoms with Crippen LogP contribution >= 0.6 is 0 Å². The van der Waals surface area contributed by atoms with Gasteiger partial charge in [-0.2, -0.15) is 0 Å². The van der Waals surface area contributed by atoms with Crippen molar-refractivity contribution in [1.82, 2.24) is 0 Å². The molecule has 0 saturated carbocycles. The zero-order valence-electron chi connectivity index (χ0n) is 11.2. The molecule has 0 aromatic heterocycles. The highest BCUT2D eigenvalue weighted by atomic mass is 16.5. The summed E-state index contributed by atoms with van der Waals surface area (Å²) in [7, 11) is 0. The summed E-state index contributed by atoms with van der Waals surface area (Å²) in [5.41, 5.74) is 2.95. The summed E-state index contributed by atoms with van der Waals surface area (Å²) in [6, 6.07) is 17.8. The summed E-state index contributed by atoms with van der Waals surface area (Å²) in [5.74, 6) is -0.228. The van der Waals surface area contributed by atoms with Crippen LogP contribution in [0.25, 0.3) is 11.1 Å². The van der Waals surface area contributed by atoms with Crippen molar-refractivity contribution in [3.63, 3.8) is 0 Å². The average molecular weight is 268 g/mol. The van der Waals surface area contributed by atoms with E-state index in [1.165, 1.54) is 0 Å². The fraction of sp³-hybridized carbons (Fsp3) is 0.118. The lowest BCUT2D eigenvalue weighted by Crippen LogP contribution is -2.01. The molecule has 2 aromatic carbocycles. The molecule has 2 aromatic rings. The lowest BCUT2D eigenvalue weighted by Gasteiger charge is -2.07. The van der Waals surface area contributed by atoms with Crippen molar-refractivity contribution < 1.29 is 14.6 Å². The summed E-state index contributed by atoms with van der Waals surface area (Å²) >= 11 is 0. The fourth-order valence-corrected chi connectivity index (χ4v) is 1.82. The predicted molar refractivity (Wildman–Crippen MR) is 78.8 cm³/mol. The maximum atomic E-state index is 10.5. The first kappa shape index (κ1) is 13.9. The Hall–Kier alpha value is -2.55. The van der Waals surface area contributed by atoms with E-state index >= 15 is 0 Å². The molecule has 102 valence electrons. The molecule has 20 heavy (non-hydrogen) atoms. The Morgan fingerprint density at radius 2 is 1.65 bits per heavy atom.